The second-order valence-electron chi connectivity index (χ2n) is 9.37. The first-order valence-corrected chi connectivity index (χ1v) is 14.1. The van der Waals surface area contributed by atoms with Gasteiger partial charge in [-0.05, 0) is 64.0 Å². The number of halogens is 2. The number of carbonyl (C=O) groups is 3. The fourth-order valence-electron chi connectivity index (χ4n) is 4.51. The van der Waals surface area contributed by atoms with Crippen LogP contribution in [-0.4, -0.2) is 62.3 Å². The third-order valence-corrected chi connectivity index (χ3v) is 7.32. The molecule has 0 aromatic heterocycles. The highest BCUT2D eigenvalue weighted by molar-refractivity contribution is 14.1. The third kappa shape index (κ3) is 7.60. The van der Waals surface area contributed by atoms with Gasteiger partial charge in [0.15, 0.2) is 0 Å². The maximum absolute atomic E-state index is 14.6. The second-order valence-corrected chi connectivity index (χ2v) is 10.6. The first-order chi connectivity index (χ1) is 19.8. The van der Waals surface area contributed by atoms with Crippen LogP contribution >= 0.6 is 22.6 Å². The Balaban J connectivity index is 1.52. The van der Waals surface area contributed by atoms with E-state index < -0.39 is 41.7 Å². The molecule has 3 atom stereocenters. The summed E-state index contributed by atoms with van der Waals surface area (Å²) in [5.74, 6) is -1.88. The first-order valence-electron chi connectivity index (χ1n) is 13.0. The number of rotatable bonds is 13. The van der Waals surface area contributed by atoms with Crippen molar-refractivity contribution in [1.82, 2.24) is 10.2 Å². The molecule has 3 aromatic rings. The van der Waals surface area contributed by atoms with E-state index in [1.54, 1.807) is 44.4 Å². The van der Waals surface area contributed by atoms with Gasteiger partial charge in [0, 0.05) is 16.6 Å². The van der Waals surface area contributed by atoms with E-state index in [1.165, 1.54) is 12.1 Å². The Morgan fingerprint density at radius 2 is 1.73 bits per heavy atom. The lowest BCUT2D eigenvalue weighted by molar-refractivity contribution is -0.134. The van der Waals surface area contributed by atoms with Crippen molar-refractivity contribution in [2.24, 2.45) is 0 Å². The number of imide groups is 1. The predicted octanol–water partition coefficient (Wildman–Crippen LogP) is 4.88. The maximum atomic E-state index is 14.6. The lowest BCUT2D eigenvalue weighted by Gasteiger charge is -2.30. The van der Waals surface area contributed by atoms with Gasteiger partial charge < -0.3 is 24.8 Å². The third-order valence-electron chi connectivity index (χ3n) is 6.65. The Morgan fingerprint density at radius 3 is 2.41 bits per heavy atom. The van der Waals surface area contributed by atoms with Crippen LogP contribution in [0.25, 0.3) is 0 Å². The van der Waals surface area contributed by atoms with E-state index in [-0.39, 0.29) is 5.69 Å². The number of urea groups is 1. The molecule has 0 saturated carbocycles. The Bertz CT molecular complexity index is 1360. The summed E-state index contributed by atoms with van der Waals surface area (Å²) in [6, 6.07) is 17.3. The zero-order chi connectivity index (χ0) is 29.4. The SMILES string of the molecule is COCCOCCOc1ccc(C2NC(=O)N([C@H](C(=O)Nc3ccc(I)cc3F)[C@@H](C)c3ccccc3)C2=O)cc1. The Morgan fingerprint density at radius 1 is 1.02 bits per heavy atom. The van der Waals surface area contributed by atoms with Gasteiger partial charge in [-0.15, -0.1) is 0 Å². The monoisotopic (exact) mass is 675 g/mol. The fourth-order valence-corrected chi connectivity index (χ4v) is 4.96. The molecule has 1 aliphatic heterocycles. The smallest absolute Gasteiger partial charge is 0.325 e. The standard InChI is InChI=1S/C30H31FIN3O6/c1-19(20-6-4-3-5-7-20)27(28(36)33-25-13-10-22(32)18-24(25)31)35-29(37)26(34-30(35)38)21-8-11-23(12-9-21)41-17-16-40-15-14-39-2/h3-13,18-19,26-27H,14-17H2,1-2H3,(H,33,36)(H,34,38)/t19-,26?,27-/m0/s1. The Hall–Kier alpha value is -3.55. The van der Waals surface area contributed by atoms with Gasteiger partial charge in [0.05, 0.1) is 25.5 Å². The number of benzene rings is 3. The molecular weight excluding hydrogens is 644 g/mol. The molecular formula is C30H31FIN3O6. The summed E-state index contributed by atoms with van der Waals surface area (Å²) < 4.78 is 31.2. The van der Waals surface area contributed by atoms with E-state index in [1.807, 2.05) is 52.9 Å². The minimum absolute atomic E-state index is 0.0380. The van der Waals surface area contributed by atoms with Crippen molar-refractivity contribution in [3.63, 3.8) is 0 Å². The van der Waals surface area contributed by atoms with Crippen molar-refractivity contribution in [2.75, 3.05) is 38.9 Å². The minimum Gasteiger partial charge on any atom is -0.491 e. The van der Waals surface area contributed by atoms with Crippen LogP contribution in [0.2, 0.25) is 0 Å². The summed E-state index contributed by atoms with van der Waals surface area (Å²) in [7, 11) is 1.60. The Kier molecular flexibility index (Phi) is 10.7. The molecule has 0 aliphatic carbocycles. The molecule has 4 rings (SSSR count). The molecule has 216 valence electrons. The maximum Gasteiger partial charge on any atom is 0.325 e. The van der Waals surface area contributed by atoms with Crippen LogP contribution in [-0.2, 0) is 19.1 Å². The lowest BCUT2D eigenvalue weighted by Crippen LogP contribution is -2.50. The summed E-state index contributed by atoms with van der Waals surface area (Å²) >= 11 is 1.97. The summed E-state index contributed by atoms with van der Waals surface area (Å²) in [4.78, 5) is 41.5. The van der Waals surface area contributed by atoms with E-state index >= 15 is 0 Å². The van der Waals surface area contributed by atoms with Gasteiger partial charge in [-0.3, -0.25) is 9.59 Å². The molecule has 1 aliphatic rings. The van der Waals surface area contributed by atoms with Crippen LogP contribution < -0.4 is 15.4 Å². The van der Waals surface area contributed by atoms with Gasteiger partial charge in [-0.1, -0.05) is 49.4 Å². The predicted molar refractivity (Wildman–Crippen MR) is 159 cm³/mol. The summed E-state index contributed by atoms with van der Waals surface area (Å²) in [5, 5.41) is 5.27. The van der Waals surface area contributed by atoms with Crippen LogP contribution in [0.1, 0.15) is 30.0 Å². The number of nitrogens with one attached hydrogen (secondary N) is 2. The van der Waals surface area contributed by atoms with Crippen molar-refractivity contribution >= 4 is 46.1 Å². The fraction of sp³-hybridized carbons (Fsp3) is 0.300. The van der Waals surface area contributed by atoms with E-state index in [9.17, 15) is 18.8 Å². The zero-order valence-corrected chi connectivity index (χ0v) is 24.8. The van der Waals surface area contributed by atoms with Gasteiger partial charge in [0.25, 0.3) is 5.91 Å². The van der Waals surface area contributed by atoms with E-state index in [0.717, 1.165) is 10.5 Å². The van der Waals surface area contributed by atoms with Crippen molar-refractivity contribution < 1.29 is 33.0 Å². The van der Waals surface area contributed by atoms with Crippen molar-refractivity contribution in [3.8, 4) is 5.75 Å². The Labute approximate surface area is 251 Å². The molecule has 2 N–H and O–H groups in total. The van der Waals surface area contributed by atoms with Crippen LogP contribution in [0.15, 0.2) is 72.8 Å². The molecule has 41 heavy (non-hydrogen) atoms. The summed E-state index contributed by atoms with van der Waals surface area (Å²) in [6.07, 6.45) is 0. The van der Waals surface area contributed by atoms with E-state index in [0.29, 0.717) is 41.3 Å². The molecule has 0 spiro atoms. The van der Waals surface area contributed by atoms with Crippen molar-refractivity contribution in [3.05, 3.63) is 93.3 Å². The van der Waals surface area contributed by atoms with Gasteiger partial charge >= 0.3 is 6.03 Å². The van der Waals surface area contributed by atoms with Crippen molar-refractivity contribution in [2.45, 2.75) is 24.9 Å². The van der Waals surface area contributed by atoms with Crippen LogP contribution in [0.4, 0.5) is 14.9 Å². The highest BCUT2D eigenvalue weighted by Gasteiger charge is 2.47. The van der Waals surface area contributed by atoms with Crippen LogP contribution in [0.3, 0.4) is 0 Å². The molecule has 9 nitrogen and oxygen atoms in total. The topological polar surface area (TPSA) is 106 Å². The summed E-state index contributed by atoms with van der Waals surface area (Å²) in [5.41, 5.74) is 1.24. The number of hydrogen-bond donors (Lipinski definition) is 2. The lowest BCUT2D eigenvalue weighted by atomic mass is 9.91. The molecule has 11 heteroatoms. The average molecular weight is 675 g/mol. The van der Waals surface area contributed by atoms with E-state index in [4.69, 9.17) is 14.2 Å². The molecule has 1 heterocycles. The van der Waals surface area contributed by atoms with Gasteiger partial charge in [0.2, 0.25) is 5.91 Å². The number of methoxy groups -OCH3 is 1. The first kappa shape index (κ1) is 30.4. The highest BCUT2D eigenvalue weighted by atomic mass is 127. The number of anilines is 1. The average Bonchev–Trinajstić information content (AvgIpc) is 3.26. The quantitative estimate of drug-likeness (QED) is 0.152. The van der Waals surface area contributed by atoms with Crippen molar-refractivity contribution in [1.29, 1.82) is 0 Å². The van der Waals surface area contributed by atoms with Gasteiger partial charge in [-0.25, -0.2) is 14.1 Å². The molecule has 4 amide bonds. The summed E-state index contributed by atoms with van der Waals surface area (Å²) in [6.45, 7) is 3.46. The number of nitrogens with zero attached hydrogens (tertiary/aromatic N) is 1. The largest absolute Gasteiger partial charge is 0.491 e. The molecule has 0 radical (unpaired) electrons. The second kappa shape index (κ2) is 14.4. The number of carbonyl (C=O) groups excluding carboxylic acids is 3. The number of amides is 4. The van der Waals surface area contributed by atoms with E-state index in [2.05, 4.69) is 10.6 Å². The van der Waals surface area contributed by atoms with Gasteiger partial charge in [0.1, 0.15) is 30.3 Å². The molecule has 1 fully saturated rings. The highest BCUT2D eigenvalue weighted by Crippen LogP contribution is 2.32. The molecule has 1 saturated heterocycles. The minimum atomic E-state index is -1.24. The molecule has 1 unspecified atom stereocenters. The van der Waals surface area contributed by atoms with Crippen LogP contribution in [0.5, 0.6) is 5.75 Å². The number of ether oxygens (including phenoxy) is 3. The molecule has 0 bridgehead atoms. The zero-order valence-electron chi connectivity index (χ0n) is 22.6. The normalized spacial score (nSPS) is 16.3. The number of hydrogen-bond acceptors (Lipinski definition) is 6. The van der Waals surface area contributed by atoms with Crippen LogP contribution in [0, 0.1) is 9.39 Å². The van der Waals surface area contributed by atoms with Gasteiger partial charge in [-0.2, -0.15) is 0 Å². The molecule has 3 aromatic carbocycles.